The summed E-state index contributed by atoms with van der Waals surface area (Å²) in [7, 11) is 0. The van der Waals surface area contributed by atoms with Gasteiger partial charge in [-0.2, -0.15) is 0 Å². The van der Waals surface area contributed by atoms with Gasteiger partial charge in [0, 0.05) is 12.1 Å². The maximum atomic E-state index is 5.69. The summed E-state index contributed by atoms with van der Waals surface area (Å²) in [4.78, 5) is 0. The predicted octanol–water partition coefficient (Wildman–Crippen LogP) is 0.929. The third kappa shape index (κ3) is 4.34. The molecule has 0 aromatic carbocycles. The van der Waals surface area contributed by atoms with Crippen molar-refractivity contribution in [1.82, 2.24) is 5.32 Å². The van der Waals surface area contributed by atoms with Gasteiger partial charge in [-0.3, -0.25) is 0 Å². The molecule has 1 heterocycles. The molecule has 0 amide bonds. The Labute approximate surface area is 74.8 Å². The summed E-state index contributed by atoms with van der Waals surface area (Å²) in [6.07, 6.45) is 2.28. The van der Waals surface area contributed by atoms with E-state index in [1.807, 2.05) is 0 Å². The Bertz CT molecular complexity index is 72.1. The first kappa shape index (κ1) is 13.1. The van der Waals surface area contributed by atoms with Crippen molar-refractivity contribution in [2.45, 2.75) is 31.8 Å². The summed E-state index contributed by atoms with van der Waals surface area (Å²) in [5.41, 5.74) is 5.69. The minimum Gasteiger partial charge on any atom is -0.328 e. The van der Waals surface area contributed by atoms with Crippen LogP contribution in [0.25, 0.3) is 0 Å². The fourth-order valence-electron chi connectivity index (χ4n) is 1.17. The van der Waals surface area contributed by atoms with Crippen molar-refractivity contribution in [3.63, 3.8) is 0 Å². The lowest BCUT2D eigenvalue weighted by atomic mass is 10.0. The molecule has 10 heavy (non-hydrogen) atoms. The molecule has 0 aromatic heterocycles. The molecular formula is C6H16Cl2N2. The number of nitrogens with one attached hydrogen (secondary N) is 1. The summed E-state index contributed by atoms with van der Waals surface area (Å²) >= 11 is 0. The molecule has 1 aliphatic rings. The Morgan fingerprint density at radius 3 is 2.30 bits per heavy atom. The van der Waals surface area contributed by atoms with E-state index in [-0.39, 0.29) is 24.8 Å². The zero-order valence-electron chi connectivity index (χ0n) is 6.17. The number of halogens is 2. The molecule has 1 fully saturated rings. The standard InChI is InChI=1S/C6H14N2.2ClH/c1-5-4-6(7)2-3-8-5;;/h5-6,8H,2-4,7H2,1H3;2*1H/t5-,6-;;/m1../s1. The van der Waals surface area contributed by atoms with Crippen LogP contribution in [0.4, 0.5) is 0 Å². The highest BCUT2D eigenvalue weighted by molar-refractivity contribution is 5.85. The molecular weight excluding hydrogens is 171 g/mol. The largest absolute Gasteiger partial charge is 0.328 e. The summed E-state index contributed by atoms with van der Waals surface area (Å²) in [5.74, 6) is 0. The highest BCUT2D eigenvalue weighted by atomic mass is 35.5. The monoisotopic (exact) mass is 186 g/mol. The topological polar surface area (TPSA) is 38.0 Å². The van der Waals surface area contributed by atoms with Gasteiger partial charge in [-0.15, -0.1) is 24.8 Å². The molecule has 0 bridgehead atoms. The van der Waals surface area contributed by atoms with Crippen LogP contribution < -0.4 is 11.1 Å². The molecule has 64 valence electrons. The lowest BCUT2D eigenvalue weighted by molar-refractivity contribution is 0.381. The second kappa shape index (κ2) is 6.23. The van der Waals surface area contributed by atoms with E-state index < -0.39 is 0 Å². The van der Waals surface area contributed by atoms with Crippen LogP contribution in [0.5, 0.6) is 0 Å². The number of piperidine rings is 1. The van der Waals surface area contributed by atoms with Crippen molar-refractivity contribution in [1.29, 1.82) is 0 Å². The second-order valence-corrected chi connectivity index (χ2v) is 2.64. The van der Waals surface area contributed by atoms with Gasteiger partial charge in [0.05, 0.1) is 0 Å². The average molecular weight is 187 g/mol. The molecule has 2 nitrogen and oxygen atoms in total. The lowest BCUT2D eigenvalue weighted by Crippen LogP contribution is -2.41. The van der Waals surface area contributed by atoms with Crippen molar-refractivity contribution >= 4 is 24.8 Å². The van der Waals surface area contributed by atoms with Gasteiger partial charge in [-0.25, -0.2) is 0 Å². The van der Waals surface area contributed by atoms with Crippen LogP contribution in [0.15, 0.2) is 0 Å². The molecule has 0 spiro atoms. The van der Waals surface area contributed by atoms with E-state index in [2.05, 4.69) is 12.2 Å². The fraction of sp³-hybridized carbons (Fsp3) is 1.00. The SMILES string of the molecule is C[C@@H]1C[C@H](N)CCN1.Cl.Cl. The Morgan fingerprint density at radius 2 is 2.00 bits per heavy atom. The van der Waals surface area contributed by atoms with Crippen LogP contribution in [0, 0.1) is 0 Å². The quantitative estimate of drug-likeness (QED) is 0.592. The van der Waals surface area contributed by atoms with Gasteiger partial charge in [0.2, 0.25) is 0 Å². The Morgan fingerprint density at radius 1 is 1.40 bits per heavy atom. The number of nitrogens with two attached hydrogens (primary N) is 1. The first-order valence-electron chi connectivity index (χ1n) is 3.28. The van der Waals surface area contributed by atoms with E-state index in [4.69, 9.17) is 5.73 Å². The lowest BCUT2D eigenvalue weighted by Gasteiger charge is -2.24. The molecule has 4 heteroatoms. The molecule has 1 saturated heterocycles. The Hall–Kier alpha value is 0.500. The van der Waals surface area contributed by atoms with Gasteiger partial charge in [0.15, 0.2) is 0 Å². The first-order chi connectivity index (χ1) is 3.79. The average Bonchev–Trinajstić information content (AvgIpc) is 1.64. The van der Waals surface area contributed by atoms with Crippen LogP contribution in [-0.4, -0.2) is 18.6 Å². The van der Waals surface area contributed by atoms with E-state index >= 15 is 0 Å². The van der Waals surface area contributed by atoms with E-state index in [9.17, 15) is 0 Å². The maximum absolute atomic E-state index is 5.69. The van der Waals surface area contributed by atoms with Crippen molar-refractivity contribution < 1.29 is 0 Å². The molecule has 1 rings (SSSR count). The van der Waals surface area contributed by atoms with Crippen molar-refractivity contribution in [2.24, 2.45) is 5.73 Å². The van der Waals surface area contributed by atoms with Gasteiger partial charge in [0.25, 0.3) is 0 Å². The summed E-state index contributed by atoms with van der Waals surface area (Å²) in [6, 6.07) is 1.09. The molecule has 0 aromatic rings. The molecule has 0 unspecified atom stereocenters. The zero-order chi connectivity index (χ0) is 5.98. The van der Waals surface area contributed by atoms with Crippen molar-refractivity contribution in [3.8, 4) is 0 Å². The molecule has 1 aliphatic heterocycles. The number of hydrogen-bond donors (Lipinski definition) is 2. The van der Waals surface area contributed by atoms with Crippen LogP contribution >= 0.6 is 24.8 Å². The number of rotatable bonds is 0. The zero-order valence-corrected chi connectivity index (χ0v) is 7.80. The van der Waals surface area contributed by atoms with E-state index in [1.165, 1.54) is 0 Å². The smallest absolute Gasteiger partial charge is 0.00656 e. The van der Waals surface area contributed by atoms with Gasteiger partial charge in [0.1, 0.15) is 0 Å². The molecule has 0 aliphatic carbocycles. The summed E-state index contributed by atoms with van der Waals surface area (Å²) < 4.78 is 0. The predicted molar refractivity (Wildman–Crippen MR) is 49.2 cm³/mol. The number of hydrogen-bond acceptors (Lipinski definition) is 2. The maximum Gasteiger partial charge on any atom is 0.00656 e. The first-order valence-corrected chi connectivity index (χ1v) is 3.28. The van der Waals surface area contributed by atoms with Gasteiger partial charge < -0.3 is 11.1 Å². The third-order valence-corrected chi connectivity index (χ3v) is 1.66. The summed E-state index contributed by atoms with van der Waals surface area (Å²) in [5, 5.41) is 3.33. The van der Waals surface area contributed by atoms with Crippen molar-refractivity contribution in [3.05, 3.63) is 0 Å². The molecule has 2 atom stereocenters. The minimum atomic E-state index is 0. The van der Waals surface area contributed by atoms with Crippen LogP contribution in [-0.2, 0) is 0 Å². The Balaban J connectivity index is 0. The van der Waals surface area contributed by atoms with Gasteiger partial charge in [-0.1, -0.05) is 0 Å². The third-order valence-electron chi connectivity index (χ3n) is 1.66. The fourth-order valence-corrected chi connectivity index (χ4v) is 1.17. The summed E-state index contributed by atoms with van der Waals surface area (Å²) in [6.45, 7) is 3.28. The Kier molecular flexibility index (Phi) is 8.17. The molecule has 0 saturated carbocycles. The second-order valence-electron chi connectivity index (χ2n) is 2.64. The van der Waals surface area contributed by atoms with E-state index in [0.717, 1.165) is 19.4 Å². The highest BCUT2D eigenvalue weighted by Crippen LogP contribution is 2.04. The van der Waals surface area contributed by atoms with Gasteiger partial charge in [-0.05, 0) is 26.3 Å². The normalized spacial score (nSPS) is 31.8. The van der Waals surface area contributed by atoms with Crippen LogP contribution in [0.2, 0.25) is 0 Å². The molecule has 3 N–H and O–H groups in total. The van der Waals surface area contributed by atoms with Crippen LogP contribution in [0.3, 0.4) is 0 Å². The van der Waals surface area contributed by atoms with Crippen LogP contribution in [0.1, 0.15) is 19.8 Å². The van der Waals surface area contributed by atoms with Crippen molar-refractivity contribution in [2.75, 3.05) is 6.54 Å². The van der Waals surface area contributed by atoms with E-state index in [1.54, 1.807) is 0 Å². The molecule has 0 radical (unpaired) electrons. The highest BCUT2D eigenvalue weighted by Gasteiger charge is 2.12. The minimum absolute atomic E-state index is 0. The van der Waals surface area contributed by atoms with Gasteiger partial charge >= 0.3 is 0 Å². The van der Waals surface area contributed by atoms with E-state index in [0.29, 0.717) is 12.1 Å².